The van der Waals surface area contributed by atoms with Crippen LogP contribution in [0.1, 0.15) is 40.0 Å². The molecule has 2 unspecified atom stereocenters. The van der Waals surface area contributed by atoms with Gasteiger partial charge in [-0.25, -0.2) is 0 Å². The summed E-state index contributed by atoms with van der Waals surface area (Å²) in [5, 5.41) is 0. The topological polar surface area (TPSA) is 0 Å². The molecule has 2 atom stereocenters. The van der Waals surface area contributed by atoms with Crippen LogP contribution in [0, 0.1) is 11.8 Å². The highest BCUT2D eigenvalue weighted by Crippen LogP contribution is 2.21. The third kappa shape index (κ3) is 3.50. The number of hydrogen-bond donors (Lipinski definition) is 0. The molecule has 0 aliphatic rings. The van der Waals surface area contributed by atoms with E-state index < -0.39 is 0 Å². The van der Waals surface area contributed by atoms with Gasteiger partial charge in [-0.05, 0) is 11.8 Å². The molecule has 0 bridgehead atoms. The lowest BCUT2D eigenvalue weighted by molar-refractivity contribution is 0.351. The molecule has 0 rings (SSSR count). The molecule has 0 aliphatic heterocycles. The third-order valence-electron chi connectivity index (χ3n) is 2.25. The maximum absolute atomic E-state index is 5.03. The van der Waals surface area contributed by atoms with Crippen molar-refractivity contribution in [3.8, 4) is 0 Å². The maximum atomic E-state index is 5.03. The number of rotatable bonds is 5. The molecule has 0 fully saturated rings. The van der Waals surface area contributed by atoms with Gasteiger partial charge in [0.25, 0.3) is 0 Å². The average Bonchev–Trinajstić information content (AvgIpc) is 1.99. The second kappa shape index (κ2) is 6.09. The van der Waals surface area contributed by atoms with Crippen molar-refractivity contribution in [2.45, 2.75) is 40.0 Å². The fourth-order valence-corrected chi connectivity index (χ4v) is 1.67. The Morgan fingerprint density at radius 3 is 2.20 bits per heavy atom. The Bertz CT molecular complexity index is 71.1. The van der Waals surface area contributed by atoms with Crippen LogP contribution in [-0.2, 0) is 0 Å². The van der Waals surface area contributed by atoms with Crippen molar-refractivity contribution in [3.63, 3.8) is 0 Å². The van der Waals surface area contributed by atoms with Gasteiger partial charge in [0.05, 0.1) is 0 Å². The summed E-state index contributed by atoms with van der Waals surface area (Å²) in [6.45, 7) is 6.79. The molecule has 0 aromatic heterocycles. The minimum absolute atomic E-state index is 0.750. The van der Waals surface area contributed by atoms with E-state index in [-0.39, 0.29) is 0 Å². The molecule has 0 saturated heterocycles. The second-order valence-electron chi connectivity index (χ2n) is 3.10. The summed E-state index contributed by atoms with van der Waals surface area (Å²) in [5.41, 5.74) is 0. The molecular weight excluding hydrogens is 140 g/mol. The minimum atomic E-state index is 0.750. The van der Waals surface area contributed by atoms with Crippen LogP contribution in [0.5, 0.6) is 0 Å². The van der Waals surface area contributed by atoms with Crippen LogP contribution in [0.25, 0.3) is 0 Å². The first-order valence-corrected chi connectivity index (χ1v) is 4.92. The molecule has 0 spiro atoms. The Morgan fingerprint density at radius 2 is 1.90 bits per heavy atom. The second-order valence-corrected chi connectivity index (χ2v) is 3.43. The largest absolute Gasteiger partial charge is 0.0939 e. The highest BCUT2D eigenvalue weighted by Gasteiger charge is 2.12. The normalized spacial score (nSPS) is 16.8. The quantitative estimate of drug-likeness (QED) is 0.574. The van der Waals surface area contributed by atoms with Gasteiger partial charge < -0.3 is 0 Å². The van der Waals surface area contributed by atoms with Crippen LogP contribution in [0.2, 0.25) is 0 Å². The fourth-order valence-electron chi connectivity index (χ4n) is 1.40. The van der Waals surface area contributed by atoms with Crippen LogP contribution < -0.4 is 0 Å². The zero-order valence-electron chi connectivity index (χ0n) is 7.39. The standard InChI is InChI=1S/C9H19S/c1-4-6-9(5-2)8(3)7-10/h8-9H,4-7H2,1-3H3. The summed E-state index contributed by atoms with van der Waals surface area (Å²) >= 11 is 5.03. The Balaban J connectivity index is 3.56. The van der Waals surface area contributed by atoms with Gasteiger partial charge in [0.2, 0.25) is 0 Å². The van der Waals surface area contributed by atoms with Crippen LogP contribution in [0.4, 0.5) is 0 Å². The lowest BCUT2D eigenvalue weighted by atomic mass is 9.89. The zero-order chi connectivity index (χ0) is 7.98. The molecule has 10 heavy (non-hydrogen) atoms. The van der Waals surface area contributed by atoms with Crippen LogP contribution in [0.15, 0.2) is 0 Å². The van der Waals surface area contributed by atoms with E-state index in [0.717, 1.165) is 17.6 Å². The van der Waals surface area contributed by atoms with Crippen LogP contribution in [0.3, 0.4) is 0 Å². The molecule has 1 heteroatoms. The molecule has 0 N–H and O–H groups in total. The monoisotopic (exact) mass is 159 g/mol. The zero-order valence-corrected chi connectivity index (χ0v) is 8.21. The molecule has 0 amide bonds. The van der Waals surface area contributed by atoms with E-state index in [2.05, 4.69) is 20.8 Å². The van der Waals surface area contributed by atoms with Gasteiger partial charge >= 0.3 is 0 Å². The molecule has 0 heterocycles. The Labute approximate surface area is 70.8 Å². The van der Waals surface area contributed by atoms with Crippen LogP contribution in [-0.4, -0.2) is 5.75 Å². The van der Waals surface area contributed by atoms with Crippen molar-refractivity contribution < 1.29 is 0 Å². The lowest BCUT2D eigenvalue weighted by Crippen LogP contribution is -2.11. The minimum Gasteiger partial charge on any atom is -0.0939 e. The van der Waals surface area contributed by atoms with Crippen molar-refractivity contribution >= 4 is 12.6 Å². The molecule has 0 aromatic carbocycles. The van der Waals surface area contributed by atoms with E-state index in [0.29, 0.717) is 0 Å². The van der Waals surface area contributed by atoms with Crippen molar-refractivity contribution in [3.05, 3.63) is 0 Å². The lowest BCUT2D eigenvalue weighted by Gasteiger charge is -2.19. The van der Waals surface area contributed by atoms with E-state index in [1.165, 1.54) is 19.3 Å². The van der Waals surface area contributed by atoms with Crippen molar-refractivity contribution in [1.29, 1.82) is 0 Å². The fraction of sp³-hybridized carbons (Fsp3) is 1.00. The van der Waals surface area contributed by atoms with E-state index in [1.54, 1.807) is 0 Å². The summed E-state index contributed by atoms with van der Waals surface area (Å²) < 4.78 is 0. The third-order valence-corrected chi connectivity index (χ3v) is 2.78. The SMILES string of the molecule is CCCC(CC)C(C)C[S]. The van der Waals surface area contributed by atoms with E-state index in [4.69, 9.17) is 12.6 Å². The molecule has 61 valence electrons. The predicted molar refractivity (Wildman–Crippen MR) is 50.3 cm³/mol. The van der Waals surface area contributed by atoms with Crippen molar-refractivity contribution in [1.82, 2.24) is 0 Å². The van der Waals surface area contributed by atoms with Crippen molar-refractivity contribution in [2.75, 3.05) is 5.75 Å². The summed E-state index contributed by atoms with van der Waals surface area (Å²) in [5.74, 6) is 2.56. The summed E-state index contributed by atoms with van der Waals surface area (Å²) in [4.78, 5) is 0. The Morgan fingerprint density at radius 1 is 1.30 bits per heavy atom. The summed E-state index contributed by atoms with van der Waals surface area (Å²) in [7, 11) is 0. The van der Waals surface area contributed by atoms with E-state index in [1.807, 2.05) is 0 Å². The predicted octanol–water partition coefficient (Wildman–Crippen LogP) is 3.65. The van der Waals surface area contributed by atoms with Gasteiger partial charge in [-0.2, -0.15) is 0 Å². The Kier molecular flexibility index (Phi) is 6.30. The van der Waals surface area contributed by atoms with Gasteiger partial charge in [0.15, 0.2) is 0 Å². The highest BCUT2D eigenvalue weighted by atomic mass is 32.1. The van der Waals surface area contributed by atoms with Gasteiger partial charge in [0.1, 0.15) is 0 Å². The number of hydrogen-bond acceptors (Lipinski definition) is 0. The summed E-state index contributed by atoms with van der Waals surface area (Å²) in [6, 6.07) is 0. The first kappa shape index (κ1) is 10.3. The van der Waals surface area contributed by atoms with Crippen LogP contribution >= 0.6 is 12.6 Å². The first-order chi connectivity index (χ1) is 4.76. The Hall–Kier alpha value is 0.350. The maximum Gasteiger partial charge on any atom is 0.00653 e. The van der Waals surface area contributed by atoms with Crippen molar-refractivity contribution in [2.24, 2.45) is 11.8 Å². The molecular formula is C9H19S. The van der Waals surface area contributed by atoms with Gasteiger partial charge in [-0.3, -0.25) is 0 Å². The molecule has 1 radical (unpaired) electrons. The summed E-state index contributed by atoms with van der Waals surface area (Å²) in [6.07, 6.45) is 3.96. The van der Waals surface area contributed by atoms with E-state index >= 15 is 0 Å². The first-order valence-electron chi connectivity index (χ1n) is 4.34. The van der Waals surface area contributed by atoms with Gasteiger partial charge in [-0.15, -0.1) is 0 Å². The van der Waals surface area contributed by atoms with Gasteiger partial charge in [0, 0.05) is 5.75 Å². The molecule has 0 aliphatic carbocycles. The smallest absolute Gasteiger partial charge is 0.00653 e. The van der Waals surface area contributed by atoms with Gasteiger partial charge in [-0.1, -0.05) is 52.7 Å². The molecule has 0 nitrogen and oxygen atoms in total. The molecule has 0 saturated carbocycles. The highest BCUT2D eigenvalue weighted by molar-refractivity contribution is 7.80. The van der Waals surface area contributed by atoms with E-state index in [9.17, 15) is 0 Å². The molecule has 0 aromatic rings. The average molecular weight is 159 g/mol.